The molecule has 5 heteroatoms. The van der Waals surface area contributed by atoms with E-state index in [0.29, 0.717) is 5.69 Å². The first-order valence-corrected chi connectivity index (χ1v) is 5.44. The number of amides is 1. The molecule has 2 rings (SSSR count). The SMILES string of the molecule is Cc1ccc2c(N)c(C(N)=O)cnc2c1Br. The Hall–Kier alpha value is -1.62. The van der Waals surface area contributed by atoms with Gasteiger partial charge in [-0.3, -0.25) is 9.78 Å². The van der Waals surface area contributed by atoms with E-state index in [1.807, 2.05) is 19.1 Å². The summed E-state index contributed by atoms with van der Waals surface area (Å²) < 4.78 is 0.882. The summed E-state index contributed by atoms with van der Waals surface area (Å²) in [6, 6.07) is 3.75. The molecule has 1 amide bonds. The second kappa shape index (κ2) is 3.75. The minimum atomic E-state index is -0.566. The molecule has 0 aliphatic carbocycles. The summed E-state index contributed by atoms with van der Waals surface area (Å²) in [6.07, 6.45) is 1.41. The number of aryl methyl sites for hydroxylation is 1. The van der Waals surface area contributed by atoms with E-state index in [9.17, 15) is 4.79 Å². The Balaban J connectivity index is 2.87. The van der Waals surface area contributed by atoms with E-state index in [0.717, 1.165) is 20.9 Å². The molecule has 0 bridgehead atoms. The van der Waals surface area contributed by atoms with E-state index in [1.54, 1.807) is 0 Å². The molecule has 1 aromatic carbocycles. The summed E-state index contributed by atoms with van der Waals surface area (Å²) >= 11 is 3.44. The zero-order valence-corrected chi connectivity index (χ0v) is 10.2. The molecule has 0 aliphatic rings. The molecule has 4 nitrogen and oxygen atoms in total. The molecule has 1 aromatic heterocycles. The number of fused-ring (bicyclic) bond motifs is 1. The second-order valence-electron chi connectivity index (χ2n) is 3.54. The molecular weight excluding hydrogens is 270 g/mol. The van der Waals surface area contributed by atoms with Gasteiger partial charge in [-0.1, -0.05) is 12.1 Å². The van der Waals surface area contributed by atoms with Crippen LogP contribution in [0.25, 0.3) is 10.9 Å². The molecule has 0 unspecified atom stereocenters. The van der Waals surface area contributed by atoms with Crippen molar-refractivity contribution in [1.29, 1.82) is 0 Å². The largest absolute Gasteiger partial charge is 0.397 e. The van der Waals surface area contributed by atoms with Gasteiger partial charge in [0.05, 0.1) is 16.8 Å². The Morgan fingerprint density at radius 2 is 2.12 bits per heavy atom. The number of hydrogen-bond donors (Lipinski definition) is 2. The van der Waals surface area contributed by atoms with E-state index in [1.165, 1.54) is 6.20 Å². The van der Waals surface area contributed by atoms with Crippen LogP contribution in [-0.4, -0.2) is 10.9 Å². The Morgan fingerprint density at radius 3 is 2.75 bits per heavy atom. The molecule has 82 valence electrons. The van der Waals surface area contributed by atoms with Crippen molar-refractivity contribution in [2.75, 3.05) is 5.73 Å². The highest BCUT2D eigenvalue weighted by molar-refractivity contribution is 9.10. The van der Waals surface area contributed by atoms with Crippen molar-refractivity contribution in [3.63, 3.8) is 0 Å². The van der Waals surface area contributed by atoms with E-state index < -0.39 is 5.91 Å². The van der Waals surface area contributed by atoms with Gasteiger partial charge in [-0.15, -0.1) is 0 Å². The lowest BCUT2D eigenvalue weighted by Gasteiger charge is -2.08. The quantitative estimate of drug-likeness (QED) is 0.838. The van der Waals surface area contributed by atoms with Crippen molar-refractivity contribution in [2.45, 2.75) is 6.92 Å². The average Bonchev–Trinajstić information content (AvgIpc) is 2.23. The molecule has 0 saturated heterocycles. The number of halogens is 1. The van der Waals surface area contributed by atoms with Crippen LogP contribution in [0.15, 0.2) is 22.8 Å². The Labute approximate surface area is 101 Å². The van der Waals surface area contributed by atoms with Crippen LogP contribution < -0.4 is 11.5 Å². The normalized spacial score (nSPS) is 10.6. The molecule has 0 atom stereocenters. The molecular formula is C11H10BrN3O. The first-order valence-electron chi connectivity index (χ1n) is 4.65. The van der Waals surface area contributed by atoms with Gasteiger partial charge in [0, 0.05) is 16.1 Å². The molecule has 0 spiro atoms. The minimum absolute atomic E-state index is 0.253. The van der Waals surface area contributed by atoms with Crippen molar-refractivity contribution in [3.05, 3.63) is 33.9 Å². The van der Waals surface area contributed by atoms with Crippen molar-refractivity contribution >= 4 is 38.4 Å². The standard InChI is InChI=1S/C11H10BrN3O/c1-5-2-3-6-9(13)7(11(14)16)4-15-10(6)8(5)12/h2-4H,1H3,(H2,13,15)(H2,14,16). The van der Waals surface area contributed by atoms with Crippen molar-refractivity contribution in [2.24, 2.45) is 5.73 Å². The lowest BCUT2D eigenvalue weighted by Crippen LogP contribution is -2.14. The molecule has 0 radical (unpaired) electrons. The van der Waals surface area contributed by atoms with Gasteiger partial charge in [0.1, 0.15) is 0 Å². The highest BCUT2D eigenvalue weighted by Crippen LogP contribution is 2.30. The Kier molecular flexibility index (Phi) is 2.55. The van der Waals surface area contributed by atoms with Crippen LogP contribution in [0.2, 0.25) is 0 Å². The summed E-state index contributed by atoms with van der Waals surface area (Å²) in [5, 5.41) is 0.730. The smallest absolute Gasteiger partial charge is 0.252 e. The number of carbonyl (C=O) groups is 1. The number of pyridine rings is 1. The van der Waals surface area contributed by atoms with Gasteiger partial charge in [0.2, 0.25) is 0 Å². The third-order valence-electron chi connectivity index (χ3n) is 2.48. The Morgan fingerprint density at radius 1 is 1.44 bits per heavy atom. The number of nitrogen functional groups attached to an aromatic ring is 1. The molecule has 0 fully saturated rings. The number of aromatic nitrogens is 1. The first-order chi connectivity index (χ1) is 7.52. The fourth-order valence-electron chi connectivity index (χ4n) is 1.55. The average molecular weight is 280 g/mol. The monoisotopic (exact) mass is 279 g/mol. The number of benzene rings is 1. The number of hydrogen-bond acceptors (Lipinski definition) is 3. The maximum absolute atomic E-state index is 11.1. The zero-order valence-electron chi connectivity index (χ0n) is 8.62. The summed E-state index contributed by atoms with van der Waals surface area (Å²) in [5.41, 5.74) is 13.5. The van der Waals surface area contributed by atoms with Crippen LogP contribution >= 0.6 is 15.9 Å². The lowest BCUT2D eigenvalue weighted by molar-refractivity contribution is 0.100. The second-order valence-corrected chi connectivity index (χ2v) is 4.34. The fourth-order valence-corrected chi connectivity index (χ4v) is 2.00. The summed E-state index contributed by atoms with van der Waals surface area (Å²) in [7, 11) is 0. The number of nitrogens with zero attached hydrogens (tertiary/aromatic N) is 1. The number of primary amides is 1. The van der Waals surface area contributed by atoms with E-state index in [-0.39, 0.29) is 5.56 Å². The highest BCUT2D eigenvalue weighted by Gasteiger charge is 2.12. The molecule has 0 aliphatic heterocycles. The van der Waals surface area contributed by atoms with Gasteiger partial charge in [-0.25, -0.2) is 0 Å². The first kappa shape index (κ1) is 10.9. The minimum Gasteiger partial charge on any atom is -0.397 e. The predicted molar refractivity (Wildman–Crippen MR) is 67.1 cm³/mol. The van der Waals surface area contributed by atoms with E-state index in [4.69, 9.17) is 11.5 Å². The number of nitrogens with two attached hydrogens (primary N) is 2. The van der Waals surface area contributed by atoms with Crippen LogP contribution in [0.5, 0.6) is 0 Å². The van der Waals surface area contributed by atoms with Crippen LogP contribution in [0, 0.1) is 6.92 Å². The maximum atomic E-state index is 11.1. The number of anilines is 1. The summed E-state index contributed by atoms with van der Waals surface area (Å²) in [5.74, 6) is -0.566. The van der Waals surface area contributed by atoms with Gasteiger partial charge < -0.3 is 11.5 Å². The van der Waals surface area contributed by atoms with Crippen molar-refractivity contribution < 1.29 is 4.79 Å². The van der Waals surface area contributed by atoms with Gasteiger partial charge in [-0.2, -0.15) is 0 Å². The molecule has 2 aromatic rings. The van der Waals surface area contributed by atoms with E-state index in [2.05, 4.69) is 20.9 Å². The summed E-state index contributed by atoms with van der Waals surface area (Å²) in [6.45, 7) is 1.96. The number of rotatable bonds is 1. The highest BCUT2D eigenvalue weighted by atomic mass is 79.9. The van der Waals surface area contributed by atoms with Crippen LogP contribution in [0.4, 0.5) is 5.69 Å². The van der Waals surface area contributed by atoms with Crippen LogP contribution in [0.3, 0.4) is 0 Å². The molecule has 16 heavy (non-hydrogen) atoms. The third-order valence-corrected chi connectivity index (χ3v) is 3.48. The number of carbonyl (C=O) groups excluding carboxylic acids is 1. The third kappa shape index (κ3) is 1.53. The van der Waals surface area contributed by atoms with Crippen molar-refractivity contribution in [1.82, 2.24) is 4.98 Å². The van der Waals surface area contributed by atoms with Crippen LogP contribution in [0.1, 0.15) is 15.9 Å². The Bertz CT molecular complexity index is 595. The fraction of sp³-hybridized carbons (Fsp3) is 0.0909. The van der Waals surface area contributed by atoms with Gasteiger partial charge in [0.25, 0.3) is 5.91 Å². The van der Waals surface area contributed by atoms with Gasteiger partial charge >= 0.3 is 0 Å². The zero-order chi connectivity index (χ0) is 11.9. The van der Waals surface area contributed by atoms with E-state index >= 15 is 0 Å². The molecule has 4 N–H and O–H groups in total. The van der Waals surface area contributed by atoms with Gasteiger partial charge in [0.15, 0.2) is 0 Å². The van der Waals surface area contributed by atoms with Crippen molar-refractivity contribution in [3.8, 4) is 0 Å². The van der Waals surface area contributed by atoms with Crippen LogP contribution in [-0.2, 0) is 0 Å². The lowest BCUT2D eigenvalue weighted by atomic mass is 10.1. The predicted octanol–water partition coefficient (Wildman–Crippen LogP) is 1.99. The maximum Gasteiger partial charge on any atom is 0.252 e. The molecule has 0 saturated carbocycles. The molecule has 1 heterocycles. The topological polar surface area (TPSA) is 82.0 Å². The van der Waals surface area contributed by atoms with Gasteiger partial charge in [-0.05, 0) is 28.4 Å². The summed E-state index contributed by atoms with van der Waals surface area (Å²) in [4.78, 5) is 15.3.